The van der Waals surface area contributed by atoms with Gasteiger partial charge >= 0.3 is 5.97 Å². The van der Waals surface area contributed by atoms with Gasteiger partial charge < -0.3 is 15.4 Å². The molecule has 0 aromatic heterocycles. The Balaban J connectivity index is 2.81. The van der Waals surface area contributed by atoms with Crippen molar-refractivity contribution in [3.63, 3.8) is 0 Å². The van der Waals surface area contributed by atoms with Crippen molar-refractivity contribution in [1.29, 1.82) is 0 Å². The monoisotopic (exact) mass is 236 g/mol. The molecule has 1 unspecified atom stereocenters. The first-order chi connectivity index (χ1) is 8.10. The second-order valence-corrected chi connectivity index (χ2v) is 3.88. The first-order valence-electron chi connectivity index (χ1n) is 5.85. The van der Waals surface area contributed by atoms with Crippen LogP contribution in [-0.4, -0.2) is 25.7 Å². The number of benzene rings is 1. The summed E-state index contributed by atoms with van der Waals surface area (Å²) < 4.78 is 5.06. The van der Waals surface area contributed by atoms with Crippen LogP contribution < -0.4 is 10.6 Å². The number of anilines is 2. The number of nitrogens with zero attached hydrogens (tertiary/aromatic N) is 1. The fraction of sp³-hybridized carbons (Fsp3) is 0.462. The second-order valence-electron chi connectivity index (χ2n) is 3.88. The number of rotatable bonds is 5. The van der Waals surface area contributed by atoms with Crippen molar-refractivity contribution < 1.29 is 9.53 Å². The lowest BCUT2D eigenvalue weighted by molar-refractivity contribution is -0.144. The molecule has 0 fully saturated rings. The highest BCUT2D eigenvalue weighted by molar-refractivity contribution is 5.80. The van der Waals surface area contributed by atoms with Crippen LogP contribution in [0.5, 0.6) is 0 Å². The molecule has 17 heavy (non-hydrogen) atoms. The maximum absolute atomic E-state index is 11.8. The van der Waals surface area contributed by atoms with Crippen LogP contribution in [0.2, 0.25) is 0 Å². The zero-order valence-electron chi connectivity index (χ0n) is 10.6. The highest BCUT2D eigenvalue weighted by Crippen LogP contribution is 2.19. The van der Waals surface area contributed by atoms with Gasteiger partial charge in [0.1, 0.15) is 6.04 Å². The van der Waals surface area contributed by atoms with Gasteiger partial charge in [-0.25, -0.2) is 4.79 Å². The number of esters is 1. The van der Waals surface area contributed by atoms with E-state index in [0.717, 1.165) is 5.69 Å². The lowest BCUT2D eigenvalue weighted by atomic mass is 10.1. The van der Waals surface area contributed by atoms with E-state index in [2.05, 4.69) is 0 Å². The Labute approximate surface area is 102 Å². The van der Waals surface area contributed by atoms with Crippen molar-refractivity contribution in [3.8, 4) is 0 Å². The number of likely N-dealkylation sites (N-methyl/N-ethyl adjacent to an activating group) is 1. The zero-order valence-corrected chi connectivity index (χ0v) is 10.6. The molecule has 1 aromatic carbocycles. The van der Waals surface area contributed by atoms with E-state index in [1.165, 1.54) is 0 Å². The van der Waals surface area contributed by atoms with Crippen molar-refractivity contribution in [2.24, 2.45) is 0 Å². The second kappa shape index (κ2) is 6.13. The van der Waals surface area contributed by atoms with E-state index >= 15 is 0 Å². The third-order valence-electron chi connectivity index (χ3n) is 2.71. The summed E-state index contributed by atoms with van der Waals surface area (Å²) in [4.78, 5) is 13.7. The van der Waals surface area contributed by atoms with E-state index in [1.807, 2.05) is 50.1 Å². The molecule has 0 spiro atoms. The smallest absolute Gasteiger partial charge is 0.328 e. The van der Waals surface area contributed by atoms with Gasteiger partial charge in [-0.1, -0.05) is 6.92 Å². The van der Waals surface area contributed by atoms with Crippen molar-refractivity contribution in [3.05, 3.63) is 24.3 Å². The average molecular weight is 236 g/mol. The van der Waals surface area contributed by atoms with Crippen LogP contribution in [0, 0.1) is 0 Å². The third kappa shape index (κ3) is 3.37. The molecule has 0 heterocycles. The predicted molar refractivity (Wildman–Crippen MR) is 70.0 cm³/mol. The van der Waals surface area contributed by atoms with E-state index in [4.69, 9.17) is 10.5 Å². The Kier molecular flexibility index (Phi) is 4.82. The Hall–Kier alpha value is -1.71. The van der Waals surface area contributed by atoms with Crippen LogP contribution in [0.4, 0.5) is 11.4 Å². The van der Waals surface area contributed by atoms with Crippen LogP contribution in [0.25, 0.3) is 0 Å². The highest BCUT2D eigenvalue weighted by Gasteiger charge is 2.22. The van der Waals surface area contributed by atoms with E-state index < -0.39 is 0 Å². The SMILES string of the molecule is CCOC(=O)C(CC)N(C)c1ccc(N)cc1. The molecule has 1 aromatic rings. The molecular formula is C13H20N2O2. The molecule has 0 saturated carbocycles. The average Bonchev–Trinajstić information content (AvgIpc) is 2.31. The van der Waals surface area contributed by atoms with Gasteiger partial charge in [-0.05, 0) is 37.6 Å². The van der Waals surface area contributed by atoms with Crippen LogP contribution in [-0.2, 0) is 9.53 Å². The summed E-state index contributed by atoms with van der Waals surface area (Å²) in [6.07, 6.45) is 0.708. The van der Waals surface area contributed by atoms with Gasteiger partial charge in [-0.15, -0.1) is 0 Å². The zero-order chi connectivity index (χ0) is 12.8. The topological polar surface area (TPSA) is 55.6 Å². The Morgan fingerprint density at radius 3 is 2.41 bits per heavy atom. The maximum atomic E-state index is 11.8. The van der Waals surface area contributed by atoms with Gasteiger partial charge in [0.05, 0.1) is 6.61 Å². The number of nitrogen functional groups attached to an aromatic ring is 1. The van der Waals surface area contributed by atoms with Gasteiger partial charge in [0.2, 0.25) is 0 Å². The fourth-order valence-electron chi connectivity index (χ4n) is 1.73. The first-order valence-corrected chi connectivity index (χ1v) is 5.85. The van der Waals surface area contributed by atoms with E-state index in [9.17, 15) is 4.79 Å². The summed E-state index contributed by atoms with van der Waals surface area (Å²) in [5.74, 6) is -0.186. The van der Waals surface area contributed by atoms with Gasteiger partial charge in [-0.3, -0.25) is 0 Å². The Morgan fingerprint density at radius 1 is 1.35 bits per heavy atom. The van der Waals surface area contributed by atoms with Crippen molar-refractivity contribution >= 4 is 17.3 Å². The number of carbonyl (C=O) groups is 1. The normalized spacial score (nSPS) is 11.9. The summed E-state index contributed by atoms with van der Waals surface area (Å²) in [5, 5.41) is 0. The van der Waals surface area contributed by atoms with E-state index in [1.54, 1.807) is 0 Å². The molecule has 0 saturated heterocycles. The third-order valence-corrected chi connectivity index (χ3v) is 2.71. The molecule has 0 amide bonds. The molecule has 2 N–H and O–H groups in total. The standard InChI is InChI=1S/C13H20N2O2/c1-4-12(13(16)17-5-2)15(3)11-8-6-10(14)7-9-11/h6-9,12H,4-5,14H2,1-3H3. The molecule has 0 radical (unpaired) electrons. The summed E-state index contributed by atoms with van der Waals surface area (Å²) in [6, 6.07) is 7.19. The minimum absolute atomic E-state index is 0.186. The Morgan fingerprint density at radius 2 is 1.94 bits per heavy atom. The number of hydrogen-bond donors (Lipinski definition) is 1. The van der Waals surface area contributed by atoms with Gasteiger partial charge in [-0.2, -0.15) is 0 Å². The van der Waals surface area contributed by atoms with Crippen molar-refractivity contribution in [2.45, 2.75) is 26.3 Å². The molecule has 0 bridgehead atoms. The fourth-order valence-corrected chi connectivity index (χ4v) is 1.73. The maximum Gasteiger partial charge on any atom is 0.328 e. The summed E-state index contributed by atoms with van der Waals surface area (Å²) in [6.45, 7) is 4.19. The van der Waals surface area contributed by atoms with Crippen LogP contribution in [0.15, 0.2) is 24.3 Å². The number of nitrogens with two attached hydrogens (primary N) is 1. The van der Waals surface area contributed by atoms with Gasteiger partial charge in [0.25, 0.3) is 0 Å². The minimum Gasteiger partial charge on any atom is -0.464 e. The molecule has 0 aliphatic carbocycles. The van der Waals surface area contributed by atoms with Crippen molar-refractivity contribution in [2.75, 3.05) is 24.3 Å². The summed E-state index contributed by atoms with van der Waals surface area (Å²) in [5.41, 5.74) is 7.30. The van der Waals surface area contributed by atoms with Crippen molar-refractivity contribution in [1.82, 2.24) is 0 Å². The highest BCUT2D eigenvalue weighted by atomic mass is 16.5. The molecule has 1 rings (SSSR count). The lowest BCUT2D eigenvalue weighted by Crippen LogP contribution is -2.39. The van der Waals surface area contributed by atoms with Crippen LogP contribution >= 0.6 is 0 Å². The molecule has 4 nitrogen and oxygen atoms in total. The number of carbonyl (C=O) groups excluding carboxylic acids is 1. The lowest BCUT2D eigenvalue weighted by Gasteiger charge is -2.27. The summed E-state index contributed by atoms with van der Waals surface area (Å²) >= 11 is 0. The molecule has 4 heteroatoms. The minimum atomic E-state index is -0.251. The largest absolute Gasteiger partial charge is 0.464 e. The molecule has 0 aliphatic heterocycles. The molecule has 0 aliphatic rings. The first kappa shape index (κ1) is 13.4. The summed E-state index contributed by atoms with van der Waals surface area (Å²) in [7, 11) is 1.89. The molecule has 94 valence electrons. The van der Waals surface area contributed by atoms with Gasteiger partial charge in [0, 0.05) is 18.4 Å². The van der Waals surface area contributed by atoms with Crippen LogP contribution in [0.1, 0.15) is 20.3 Å². The molecular weight excluding hydrogens is 216 g/mol. The Bertz CT molecular complexity index is 362. The van der Waals surface area contributed by atoms with E-state index in [-0.39, 0.29) is 12.0 Å². The van der Waals surface area contributed by atoms with Gasteiger partial charge in [0.15, 0.2) is 0 Å². The van der Waals surface area contributed by atoms with E-state index in [0.29, 0.717) is 18.7 Å². The molecule has 1 atom stereocenters. The quantitative estimate of drug-likeness (QED) is 0.628. The number of hydrogen-bond acceptors (Lipinski definition) is 4. The predicted octanol–water partition coefficient (Wildman–Crippen LogP) is 2.05. The van der Waals surface area contributed by atoms with Crippen LogP contribution in [0.3, 0.4) is 0 Å². The number of ether oxygens (including phenoxy) is 1.